The molecule has 7 nitrogen and oxygen atoms in total. The summed E-state index contributed by atoms with van der Waals surface area (Å²) >= 11 is 6.18. The van der Waals surface area contributed by atoms with Crippen LogP contribution in [0.3, 0.4) is 0 Å². The molecule has 30 heavy (non-hydrogen) atoms. The molecule has 0 saturated heterocycles. The molecule has 0 aliphatic rings. The summed E-state index contributed by atoms with van der Waals surface area (Å²) in [6.45, 7) is 6.06. The third-order valence-corrected chi connectivity index (χ3v) is 6.89. The number of carbonyl (C=O) groups excluding carboxylic acids is 2. The number of hydrogen-bond acceptors (Lipinski definition) is 4. The molecule has 0 radical (unpaired) electrons. The predicted octanol–water partition coefficient (Wildman–Crippen LogP) is 3.76. The van der Waals surface area contributed by atoms with E-state index in [2.05, 4.69) is 10.6 Å². The zero-order valence-electron chi connectivity index (χ0n) is 17.4. The first kappa shape index (κ1) is 23.9. The molecule has 0 spiro atoms. The minimum absolute atomic E-state index is 0.112. The largest absolute Gasteiger partial charge is 0.352 e. The second-order valence-corrected chi connectivity index (χ2v) is 9.45. The number of nitrogens with zero attached hydrogens (tertiary/aromatic N) is 1. The van der Waals surface area contributed by atoms with E-state index in [1.54, 1.807) is 26.0 Å². The highest BCUT2D eigenvalue weighted by Crippen LogP contribution is 2.22. The smallest absolute Gasteiger partial charge is 0.255 e. The van der Waals surface area contributed by atoms with Crippen LogP contribution in [0.25, 0.3) is 0 Å². The van der Waals surface area contributed by atoms with E-state index >= 15 is 0 Å². The summed E-state index contributed by atoms with van der Waals surface area (Å²) in [4.78, 5) is 24.7. The first-order valence-electron chi connectivity index (χ1n) is 9.55. The van der Waals surface area contributed by atoms with Crippen LogP contribution < -0.4 is 10.6 Å². The zero-order valence-corrected chi connectivity index (χ0v) is 19.0. The van der Waals surface area contributed by atoms with E-state index in [4.69, 9.17) is 11.6 Å². The highest BCUT2D eigenvalue weighted by atomic mass is 35.5. The molecule has 0 aliphatic heterocycles. The molecule has 2 N–H and O–H groups in total. The second-order valence-electron chi connectivity index (χ2n) is 7.04. The Morgan fingerprint density at radius 3 is 2.23 bits per heavy atom. The fraction of sp³-hybridized carbons (Fsp3) is 0.333. The predicted molar refractivity (Wildman–Crippen MR) is 119 cm³/mol. The molecule has 2 aromatic carbocycles. The van der Waals surface area contributed by atoms with Gasteiger partial charge >= 0.3 is 0 Å². The van der Waals surface area contributed by atoms with E-state index in [0.29, 0.717) is 23.4 Å². The van der Waals surface area contributed by atoms with Crippen LogP contribution >= 0.6 is 11.6 Å². The van der Waals surface area contributed by atoms with Crippen LogP contribution in [0, 0.1) is 0 Å². The highest BCUT2D eigenvalue weighted by molar-refractivity contribution is 7.89. The van der Waals surface area contributed by atoms with Crippen molar-refractivity contribution in [2.24, 2.45) is 0 Å². The summed E-state index contributed by atoms with van der Waals surface area (Å²) in [5, 5.41) is 5.66. The molecule has 0 fully saturated rings. The number of carbonyl (C=O) groups is 2. The average Bonchev–Trinajstić information content (AvgIpc) is 2.71. The Kier molecular flexibility index (Phi) is 8.00. The van der Waals surface area contributed by atoms with E-state index < -0.39 is 15.9 Å². The molecule has 0 bridgehead atoms. The Bertz CT molecular complexity index is 1020. The van der Waals surface area contributed by atoms with Crippen LogP contribution in [0.5, 0.6) is 0 Å². The van der Waals surface area contributed by atoms with Crippen molar-refractivity contribution in [2.45, 2.75) is 38.1 Å². The number of nitrogens with one attached hydrogen (secondary N) is 2. The first-order valence-corrected chi connectivity index (χ1v) is 11.4. The standard InChI is InChI=1S/C21H26ClN3O4S/c1-5-12-23-21(27)18-11-8-16(13-19(18)22)24-20(26)15-6-9-17(10-7-15)30(28,29)25(4)14(2)3/h6-11,13-14H,5,12H2,1-4H3,(H,23,27)(H,24,26). The highest BCUT2D eigenvalue weighted by Gasteiger charge is 2.23. The van der Waals surface area contributed by atoms with Crippen molar-refractivity contribution in [3.63, 3.8) is 0 Å². The lowest BCUT2D eigenvalue weighted by Gasteiger charge is -2.21. The zero-order chi connectivity index (χ0) is 22.5. The normalized spacial score (nSPS) is 11.6. The molecular weight excluding hydrogens is 426 g/mol. The number of rotatable bonds is 8. The lowest BCUT2D eigenvalue weighted by Crippen LogP contribution is -2.33. The number of sulfonamides is 1. The van der Waals surface area contributed by atoms with Gasteiger partial charge in [0, 0.05) is 30.9 Å². The fourth-order valence-electron chi connectivity index (χ4n) is 2.54. The van der Waals surface area contributed by atoms with Gasteiger partial charge < -0.3 is 10.6 Å². The van der Waals surface area contributed by atoms with Crippen LogP contribution in [-0.4, -0.2) is 44.2 Å². The molecule has 2 aromatic rings. The van der Waals surface area contributed by atoms with Gasteiger partial charge in [0.2, 0.25) is 10.0 Å². The van der Waals surface area contributed by atoms with Gasteiger partial charge in [-0.1, -0.05) is 18.5 Å². The number of hydrogen-bond donors (Lipinski definition) is 2. The summed E-state index contributed by atoms with van der Waals surface area (Å²) < 4.78 is 26.3. The third kappa shape index (κ3) is 5.59. The molecule has 162 valence electrons. The van der Waals surface area contributed by atoms with Gasteiger partial charge in [0.1, 0.15) is 0 Å². The van der Waals surface area contributed by atoms with Crippen LogP contribution in [0.2, 0.25) is 5.02 Å². The Balaban J connectivity index is 2.13. The van der Waals surface area contributed by atoms with Crippen molar-refractivity contribution in [3.8, 4) is 0 Å². The maximum absolute atomic E-state index is 12.5. The van der Waals surface area contributed by atoms with Crippen LogP contribution in [-0.2, 0) is 10.0 Å². The van der Waals surface area contributed by atoms with Crippen molar-refractivity contribution in [1.82, 2.24) is 9.62 Å². The van der Waals surface area contributed by atoms with Gasteiger partial charge in [0.15, 0.2) is 0 Å². The van der Waals surface area contributed by atoms with Crippen molar-refractivity contribution in [1.29, 1.82) is 0 Å². The van der Waals surface area contributed by atoms with E-state index in [9.17, 15) is 18.0 Å². The molecular formula is C21H26ClN3O4S. The maximum atomic E-state index is 12.5. The minimum Gasteiger partial charge on any atom is -0.352 e. The summed E-state index contributed by atoms with van der Waals surface area (Å²) in [5.41, 5.74) is 1.04. The quantitative estimate of drug-likeness (QED) is 0.638. The molecule has 0 unspecified atom stereocenters. The van der Waals surface area contributed by atoms with Gasteiger partial charge in [-0.25, -0.2) is 8.42 Å². The third-order valence-electron chi connectivity index (χ3n) is 4.53. The lowest BCUT2D eigenvalue weighted by atomic mass is 10.1. The monoisotopic (exact) mass is 451 g/mol. The van der Waals surface area contributed by atoms with E-state index in [0.717, 1.165) is 6.42 Å². The van der Waals surface area contributed by atoms with E-state index in [1.165, 1.54) is 41.7 Å². The molecule has 2 amide bonds. The van der Waals surface area contributed by atoms with Gasteiger partial charge in [-0.05, 0) is 62.7 Å². The Morgan fingerprint density at radius 2 is 1.70 bits per heavy atom. The number of benzene rings is 2. The Labute approximate surface area is 182 Å². The van der Waals surface area contributed by atoms with Gasteiger partial charge in [-0.15, -0.1) is 0 Å². The number of halogens is 1. The summed E-state index contributed by atoms with van der Waals surface area (Å²) in [5.74, 6) is -0.696. The van der Waals surface area contributed by atoms with Crippen LogP contribution in [0.1, 0.15) is 47.9 Å². The van der Waals surface area contributed by atoms with Crippen molar-refractivity contribution >= 4 is 39.1 Å². The molecule has 0 aromatic heterocycles. The van der Waals surface area contributed by atoms with Gasteiger partial charge in [0.05, 0.1) is 15.5 Å². The molecule has 0 saturated carbocycles. The maximum Gasteiger partial charge on any atom is 0.255 e. The van der Waals surface area contributed by atoms with Crippen molar-refractivity contribution < 1.29 is 18.0 Å². The minimum atomic E-state index is -3.62. The Hall–Kier alpha value is -2.42. The fourth-order valence-corrected chi connectivity index (χ4v) is 4.17. The van der Waals surface area contributed by atoms with Crippen molar-refractivity contribution in [2.75, 3.05) is 18.9 Å². The average molecular weight is 452 g/mol. The second kappa shape index (κ2) is 10.1. The van der Waals surface area contributed by atoms with E-state index in [-0.39, 0.29) is 21.9 Å². The Morgan fingerprint density at radius 1 is 1.07 bits per heavy atom. The molecule has 2 rings (SSSR count). The number of anilines is 1. The van der Waals surface area contributed by atoms with Crippen LogP contribution in [0.4, 0.5) is 5.69 Å². The van der Waals surface area contributed by atoms with E-state index in [1.807, 2.05) is 6.92 Å². The summed E-state index contributed by atoms with van der Waals surface area (Å²) in [6.07, 6.45) is 0.811. The lowest BCUT2D eigenvalue weighted by molar-refractivity contribution is 0.0953. The topological polar surface area (TPSA) is 95.6 Å². The van der Waals surface area contributed by atoms with Gasteiger partial charge in [-0.3, -0.25) is 9.59 Å². The molecule has 0 atom stereocenters. The summed E-state index contributed by atoms with van der Waals surface area (Å²) in [7, 11) is -2.11. The molecule has 0 aliphatic carbocycles. The first-order chi connectivity index (χ1) is 14.1. The molecule has 9 heteroatoms. The summed E-state index contributed by atoms with van der Waals surface area (Å²) in [6, 6.07) is 10.1. The van der Waals surface area contributed by atoms with Gasteiger partial charge in [-0.2, -0.15) is 4.31 Å². The van der Waals surface area contributed by atoms with Crippen molar-refractivity contribution in [3.05, 3.63) is 58.6 Å². The number of amides is 2. The SMILES string of the molecule is CCCNC(=O)c1ccc(NC(=O)c2ccc(S(=O)(=O)N(C)C(C)C)cc2)cc1Cl. The molecule has 0 heterocycles. The van der Waals surface area contributed by atoms with Gasteiger partial charge in [0.25, 0.3) is 11.8 Å². The van der Waals surface area contributed by atoms with Crippen LogP contribution in [0.15, 0.2) is 47.4 Å².